The highest BCUT2D eigenvalue weighted by atomic mass is 127. The Morgan fingerprint density at radius 1 is 1.50 bits per heavy atom. The van der Waals surface area contributed by atoms with Gasteiger partial charge >= 0.3 is 5.97 Å². The van der Waals surface area contributed by atoms with Crippen LogP contribution in [0.15, 0.2) is 24.3 Å². The second-order valence-corrected chi connectivity index (χ2v) is 4.92. The summed E-state index contributed by atoms with van der Waals surface area (Å²) in [5, 5.41) is 11.3. The Morgan fingerprint density at radius 2 is 2.22 bits per heavy atom. The summed E-state index contributed by atoms with van der Waals surface area (Å²) < 4.78 is 5.94. The summed E-state index contributed by atoms with van der Waals surface area (Å²) in [6.45, 7) is 0.174. The minimum atomic E-state index is -0.953. The summed E-state index contributed by atoms with van der Waals surface area (Å²) in [6, 6.07) is 7.15. The fraction of sp³-hybridized carbons (Fsp3) is 0.333. The zero-order valence-electron chi connectivity index (χ0n) is 9.85. The molecule has 6 heteroatoms. The predicted molar refractivity (Wildman–Crippen MR) is 74.5 cm³/mol. The van der Waals surface area contributed by atoms with Crippen LogP contribution in [-0.4, -0.2) is 36.7 Å². The molecule has 18 heavy (non-hydrogen) atoms. The minimum absolute atomic E-state index is 0.136. The van der Waals surface area contributed by atoms with E-state index in [9.17, 15) is 9.59 Å². The molecule has 0 aliphatic heterocycles. The van der Waals surface area contributed by atoms with Gasteiger partial charge in [0.05, 0.1) is 12.5 Å². The van der Waals surface area contributed by atoms with Gasteiger partial charge in [-0.15, -0.1) is 0 Å². The number of rotatable bonds is 6. The van der Waals surface area contributed by atoms with Gasteiger partial charge < -0.3 is 15.2 Å². The number of carboxylic acid groups (broad SMARTS) is 1. The lowest BCUT2D eigenvalue weighted by Gasteiger charge is -2.13. The number of benzene rings is 1. The molecule has 1 aromatic rings. The molecule has 0 radical (unpaired) electrons. The fourth-order valence-electron chi connectivity index (χ4n) is 1.37. The maximum atomic E-state index is 11.8. The Balaban J connectivity index is 2.52. The van der Waals surface area contributed by atoms with Gasteiger partial charge in [0.2, 0.25) is 0 Å². The lowest BCUT2D eigenvalue weighted by atomic mass is 10.2. The van der Waals surface area contributed by atoms with Gasteiger partial charge in [-0.2, -0.15) is 0 Å². The van der Waals surface area contributed by atoms with E-state index in [1.165, 1.54) is 7.11 Å². The third kappa shape index (κ3) is 5.01. The van der Waals surface area contributed by atoms with Crippen LogP contribution in [0.2, 0.25) is 0 Å². The van der Waals surface area contributed by atoms with Crippen LogP contribution in [-0.2, 0) is 9.53 Å². The van der Waals surface area contributed by atoms with Crippen LogP contribution in [0.3, 0.4) is 0 Å². The van der Waals surface area contributed by atoms with Crippen molar-refractivity contribution >= 4 is 34.5 Å². The highest BCUT2D eigenvalue weighted by Crippen LogP contribution is 2.07. The molecule has 0 saturated heterocycles. The molecule has 1 rings (SSSR count). The number of hydrogen-bond acceptors (Lipinski definition) is 3. The molecule has 1 atom stereocenters. The number of aliphatic carboxylic acids is 1. The molecule has 0 aliphatic carbocycles. The van der Waals surface area contributed by atoms with Crippen molar-refractivity contribution in [3.63, 3.8) is 0 Å². The van der Waals surface area contributed by atoms with Crippen molar-refractivity contribution in [3.05, 3.63) is 33.4 Å². The molecule has 0 saturated carbocycles. The summed E-state index contributed by atoms with van der Waals surface area (Å²) >= 11 is 2.12. The number of carboxylic acids is 1. The van der Waals surface area contributed by atoms with Crippen LogP contribution in [0.25, 0.3) is 0 Å². The second kappa shape index (κ2) is 7.32. The van der Waals surface area contributed by atoms with Gasteiger partial charge in [-0.05, 0) is 40.8 Å². The summed E-state index contributed by atoms with van der Waals surface area (Å²) in [7, 11) is 1.42. The van der Waals surface area contributed by atoms with Crippen molar-refractivity contribution in [1.29, 1.82) is 0 Å². The first-order chi connectivity index (χ1) is 8.52. The Labute approximate surface area is 119 Å². The van der Waals surface area contributed by atoms with Crippen LogP contribution in [0.5, 0.6) is 0 Å². The third-order valence-electron chi connectivity index (χ3n) is 2.31. The topological polar surface area (TPSA) is 75.6 Å². The summed E-state index contributed by atoms with van der Waals surface area (Å²) in [5.74, 6) is -1.19. The van der Waals surface area contributed by atoms with Crippen molar-refractivity contribution in [2.75, 3.05) is 13.7 Å². The van der Waals surface area contributed by atoms with Crippen molar-refractivity contribution in [2.45, 2.75) is 12.5 Å². The Hall–Kier alpha value is -1.15. The van der Waals surface area contributed by atoms with Gasteiger partial charge in [0.25, 0.3) is 5.91 Å². The number of methoxy groups -OCH3 is 1. The van der Waals surface area contributed by atoms with Crippen LogP contribution in [0, 0.1) is 3.57 Å². The predicted octanol–water partition coefficient (Wildman–Crippen LogP) is 1.51. The molecule has 1 aromatic carbocycles. The molecule has 0 spiro atoms. The minimum Gasteiger partial charge on any atom is -0.481 e. The summed E-state index contributed by atoms with van der Waals surface area (Å²) in [6.07, 6.45) is -0.655. The van der Waals surface area contributed by atoms with Crippen LogP contribution in [0.4, 0.5) is 0 Å². The number of halogens is 1. The van der Waals surface area contributed by atoms with Crippen LogP contribution in [0.1, 0.15) is 16.8 Å². The number of amides is 1. The highest BCUT2D eigenvalue weighted by molar-refractivity contribution is 14.1. The van der Waals surface area contributed by atoms with Crippen molar-refractivity contribution < 1.29 is 19.4 Å². The van der Waals surface area contributed by atoms with E-state index < -0.39 is 12.1 Å². The van der Waals surface area contributed by atoms with Gasteiger partial charge in [0, 0.05) is 22.8 Å². The molecule has 0 fully saturated rings. The molecular formula is C12H14INO4. The average Bonchev–Trinajstić information content (AvgIpc) is 2.33. The largest absolute Gasteiger partial charge is 0.481 e. The molecule has 0 heterocycles. The number of carbonyl (C=O) groups is 2. The van der Waals surface area contributed by atoms with Gasteiger partial charge in [-0.25, -0.2) is 0 Å². The number of carbonyl (C=O) groups excluding carboxylic acids is 1. The normalized spacial score (nSPS) is 11.9. The van der Waals surface area contributed by atoms with Crippen LogP contribution < -0.4 is 5.32 Å². The maximum absolute atomic E-state index is 11.8. The maximum Gasteiger partial charge on any atom is 0.306 e. The zero-order chi connectivity index (χ0) is 13.5. The first-order valence-electron chi connectivity index (χ1n) is 5.31. The molecule has 0 aliphatic rings. The van der Waals surface area contributed by atoms with Gasteiger partial charge in [0.15, 0.2) is 0 Å². The quantitative estimate of drug-likeness (QED) is 0.752. The highest BCUT2D eigenvalue weighted by Gasteiger charge is 2.14. The number of nitrogens with one attached hydrogen (secondary N) is 1. The van der Waals surface area contributed by atoms with E-state index in [0.29, 0.717) is 5.56 Å². The van der Waals surface area contributed by atoms with Crippen molar-refractivity contribution in [1.82, 2.24) is 5.32 Å². The van der Waals surface area contributed by atoms with E-state index in [-0.39, 0.29) is 18.9 Å². The third-order valence-corrected chi connectivity index (χ3v) is 2.98. The zero-order valence-corrected chi connectivity index (χ0v) is 12.0. The Bertz CT molecular complexity index is 436. The first kappa shape index (κ1) is 14.9. The molecule has 0 aromatic heterocycles. The number of hydrogen-bond donors (Lipinski definition) is 2. The Morgan fingerprint density at radius 3 is 2.78 bits per heavy atom. The van der Waals surface area contributed by atoms with Crippen molar-refractivity contribution in [3.8, 4) is 0 Å². The number of ether oxygens (including phenoxy) is 1. The molecular weight excluding hydrogens is 349 g/mol. The van der Waals surface area contributed by atoms with E-state index in [1.807, 2.05) is 6.07 Å². The Kier molecular flexibility index (Phi) is 6.06. The molecule has 1 amide bonds. The van der Waals surface area contributed by atoms with E-state index in [0.717, 1.165) is 3.57 Å². The SMILES string of the molecule is COC(CNC(=O)c1cccc(I)c1)CC(=O)O. The second-order valence-electron chi connectivity index (χ2n) is 3.68. The monoisotopic (exact) mass is 363 g/mol. The summed E-state index contributed by atoms with van der Waals surface area (Å²) in [4.78, 5) is 22.3. The van der Waals surface area contributed by atoms with Crippen LogP contribution >= 0.6 is 22.6 Å². The first-order valence-corrected chi connectivity index (χ1v) is 6.39. The standard InChI is InChI=1S/C12H14INO4/c1-18-10(6-11(15)16)7-14-12(17)8-3-2-4-9(13)5-8/h2-5,10H,6-7H2,1H3,(H,14,17)(H,15,16). The molecule has 98 valence electrons. The lowest BCUT2D eigenvalue weighted by molar-refractivity contribution is -0.139. The van der Waals surface area contributed by atoms with E-state index in [2.05, 4.69) is 27.9 Å². The van der Waals surface area contributed by atoms with E-state index in [4.69, 9.17) is 9.84 Å². The van der Waals surface area contributed by atoms with Gasteiger partial charge in [-0.3, -0.25) is 9.59 Å². The lowest BCUT2D eigenvalue weighted by Crippen LogP contribution is -2.34. The fourth-order valence-corrected chi connectivity index (χ4v) is 1.92. The smallest absolute Gasteiger partial charge is 0.306 e. The molecule has 1 unspecified atom stereocenters. The van der Waals surface area contributed by atoms with Gasteiger partial charge in [-0.1, -0.05) is 6.07 Å². The summed E-state index contributed by atoms with van der Waals surface area (Å²) in [5.41, 5.74) is 0.548. The molecule has 2 N–H and O–H groups in total. The molecule has 5 nitrogen and oxygen atoms in total. The van der Waals surface area contributed by atoms with E-state index >= 15 is 0 Å². The average molecular weight is 363 g/mol. The van der Waals surface area contributed by atoms with Crippen molar-refractivity contribution in [2.24, 2.45) is 0 Å². The van der Waals surface area contributed by atoms with Gasteiger partial charge in [0.1, 0.15) is 0 Å². The van der Waals surface area contributed by atoms with E-state index in [1.54, 1.807) is 18.2 Å². The molecule has 0 bridgehead atoms.